The number of halogens is 1. The predicted octanol–water partition coefficient (Wildman–Crippen LogP) is 2.99. The van der Waals surface area contributed by atoms with E-state index in [4.69, 9.17) is 16.3 Å². The van der Waals surface area contributed by atoms with Crippen LogP contribution in [0.15, 0.2) is 18.2 Å². The van der Waals surface area contributed by atoms with E-state index >= 15 is 0 Å². The highest BCUT2D eigenvalue weighted by Crippen LogP contribution is 2.24. The summed E-state index contributed by atoms with van der Waals surface area (Å²) < 4.78 is 5.76. The van der Waals surface area contributed by atoms with Gasteiger partial charge < -0.3 is 15.4 Å². The van der Waals surface area contributed by atoms with E-state index in [1.165, 1.54) is 0 Å². The number of hydrogen-bond acceptors (Lipinski definition) is 3. The maximum absolute atomic E-state index is 11.8. The normalized spacial score (nSPS) is 12.3. The molecule has 1 aromatic carbocycles. The first-order chi connectivity index (χ1) is 9.93. The Morgan fingerprint density at radius 1 is 1.33 bits per heavy atom. The Kier molecular flexibility index (Phi) is 7.54. The first-order valence-corrected chi connectivity index (χ1v) is 7.75. The number of carbonyl (C=O) groups is 1. The molecule has 0 fully saturated rings. The van der Waals surface area contributed by atoms with Gasteiger partial charge in [0.25, 0.3) is 5.91 Å². The van der Waals surface area contributed by atoms with Gasteiger partial charge in [-0.2, -0.15) is 0 Å². The fourth-order valence-corrected chi connectivity index (χ4v) is 2.05. The summed E-state index contributed by atoms with van der Waals surface area (Å²) in [5, 5.41) is 6.77. The monoisotopic (exact) mass is 312 g/mol. The van der Waals surface area contributed by atoms with Crippen LogP contribution in [0.25, 0.3) is 0 Å². The Hall–Kier alpha value is -1.26. The van der Waals surface area contributed by atoms with Crippen LogP contribution in [0.5, 0.6) is 5.75 Å². The smallest absolute Gasteiger partial charge is 0.260 e. The van der Waals surface area contributed by atoms with Gasteiger partial charge in [0, 0.05) is 23.7 Å². The Morgan fingerprint density at radius 2 is 2.05 bits per heavy atom. The van der Waals surface area contributed by atoms with Crippen molar-refractivity contribution in [1.82, 2.24) is 10.6 Å². The fraction of sp³-hybridized carbons (Fsp3) is 0.562. The zero-order chi connectivity index (χ0) is 15.8. The zero-order valence-corrected chi connectivity index (χ0v) is 14.0. The maximum atomic E-state index is 11.8. The van der Waals surface area contributed by atoms with E-state index in [1.54, 1.807) is 13.0 Å². The molecule has 0 spiro atoms. The number of benzene rings is 1. The van der Waals surface area contributed by atoms with E-state index in [0.717, 1.165) is 12.1 Å². The molecule has 0 radical (unpaired) electrons. The van der Waals surface area contributed by atoms with E-state index in [-0.39, 0.29) is 5.91 Å². The lowest BCUT2D eigenvalue weighted by Crippen LogP contribution is -2.36. The van der Waals surface area contributed by atoms with Crippen LogP contribution in [0, 0.1) is 5.92 Å². The quantitative estimate of drug-likeness (QED) is 0.776. The number of nitrogens with one attached hydrogen (secondary N) is 2. The minimum atomic E-state index is -0.532. The van der Waals surface area contributed by atoms with Crippen molar-refractivity contribution in [2.45, 2.75) is 40.3 Å². The van der Waals surface area contributed by atoms with Crippen molar-refractivity contribution in [1.29, 1.82) is 0 Å². The van der Waals surface area contributed by atoms with Crippen LogP contribution >= 0.6 is 11.6 Å². The molecule has 0 heterocycles. The number of carbonyl (C=O) groups excluding carboxylic acids is 1. The topological polar surface area (TPSA) is 50.4 Å². The molecule has 1 amide bonds. The zero-order valence-electron chi connectivity index (χ0n) is 13.2. The highest BCUT2D eigenvalue weighted by atomic mass is 35.5. The van der Waals surface area contributed by atoms with E-state index in [0.29, 0.717) is 29.8 Å². The third-order valence-electron chi connectivity index (χ3n) is 2.91. The Bertz CT molecular complexity index is 464. The van der Waals surface area contributed by atoms with Gasteiger partial charge in [-0.1, -0.05) is 25.4 Å². The van der Waals surface area contributed by atoms with E-state index < -0.39 is 6.10 Å². The summed E-state index contributed by atoms with van der Waals surface area (Å²) in [5.41, 5.74) is 0.958. The molecule has 118 valence electrons. The van der Waals surface area contributed by atoms with Gasteiger partial charge in [-0.3, -0.25) is 4.79 Å². The van der Waals surface area contributed by atoms with Gasteiger partial charge in [0.15, 0.2) is 6.10 Å². The van der Waals surface area contributed by atoms with Crippen LogP contribution in [0.2, 0.25) is 5.02 Å². The van der Waals surface area contributed by atoms with Gasteiger partial charge in [0.1, 0.15) is 5.75 Å². The number of hydrogen-bond donors (Lipinski definition) is 2. The summed E-state index contributed by atoms with van der Waals surface area (Å²) in [7, 11) is 0. The number of ether oxygens (including phenoxy) is 1. The van der Waals surface area contributed by atoms with Crippen LogP contribution in [-0.2, 0) is 11.3 Å². The summed E-state index contributed by atoms with van der Waals surface area (Å²) in [6.07, 6.45) is -0.532. The van der Waals surface area contributed by atoms with Gasteiger partial charge in [-0.15, -0.1) is 0 Å². The molecule has 0 aliphatic heterocycles. The van der Waals surface area contributed by atoms with E-state index in [2.05, 4.69) is 24.5 Å². The van der Waals surface area contributed by atoms with Crippen molar-refractivity contribution in [2.75, 3.05) is 13.1 Å². The molecule has 4 nitrogen and oxygen atoms in total. The van der Waals surface area contributed by atoms with Gasteiger partial charge >= 0.3 is 0 Å². The Morgan fingerprint density at radius 3 is 2.67 bits per heavy atom. The standard InChI is InChI=1S/C16H25ClN2O2/c1-5-19-16(20)12(4)21-15-7-6-14(17)8-13(15)10-18-9-11(2)3/h6-8,11-12,18H,5,9-10H2,1-4H3,(H,19,20). The lowest BCUT2D eigenvalue weighted by Gasteiger charge is -2.18. The van der Waals surface area contributed by atoms with Gasteiger partial charge in [0.05, 0.1) is 0 Å². The second kappa shape index (κ2) is 8.90. The highest BCUT2D eigenvalue weighted by Gasteiger charge is 2.15. The van der Waals surface area contributed by atoms with Crippen LogP contribution < -0.4 is 15.4 Å². The molecular formula is C16H25ClN2O2. The molecule has 0 aliphatic carbocycles. The molecule has 5 heteroatoms. The number of likely N-dealkylation sites (N-methyl/N-ethyl adjacent to an activating group) is 1. The van der Waals surface area contributed by atoms with Crippen LogP contribution in [0.3, 0.4) is 0 Å². The second-order valence-corrected chi connectivity index (χ2v) is 5.87. The highest BCUT2D eigenvalue weighted by molar-refractivity contribution is 6.30. The summed E-state index contributed by atoms with van der Waals surface area (Å²) in [6.45, 7) is 10.1. The number of rotatable bonds is 8. The average Bonchev–Trinajstić information content (AvgIpc) is 2.41. The molecular weight excluding hydrogens is 288 g/mol. The third kappa shape index (κ3) is 6.36. The Labute approximate surface area is 132 Å². The van der Waals surface area contributed by atoms with Gasteiger partial charge in [-0.25, -0.2) is 0 Å². The lowest BCUT2D eigenvalue weighted by atomic mass is 10.1. The predicted molar refractivity (Wildman–Crippen MR) is 86.8 cm³/mol. The van der Waals surface area contributed by atoms with Crippen molar-refractivity contribution in [3.63, 3.8) is 0 Å². The molecule has 0 saturated carbocycles. The van der Waals surface area contributed by atoms with E-state index in [9.17, 15) is 4.79 Å². The summed E-state index contributed by atoms with van der Waals surface area (Å²) in [4.78, 5) is 11.8. The summed E-state index contributed by atoms with van der Waals surface area (Å²) >= 11 is 6.04. The minimum Gasteiger partial charge on any atom is -0.481 e. The van der Waals surface area contributed by atoms with Gasteiger partial charge in [-0.05, 0) is 44.5 Å². The largest absolute Gasteiger partial charge is 0.481 e. The first kappa shape index (κ1) is 17.8. The van der Waals surface area contributed by atoms with Crippen molar-refractivity contribution in [3.05, 3.63) is 28.8 Å². The molecule has 1 rings (SSSR count). The summed E-state index contributed by atoms with van der Waals surface area (Å²) in [5.74, 6) is 1.14. The first-order valence-electron chi connectivity index (χ1n) is 7.37. The SMILES string of the molecule is CCNC(=O)C(C)Oc1ccc(Cl)cc1CNCC(C)C. The molecule has 21 heavy (non-hydrogen) atoms. The molecule has 0 bridgehead atoms. The van der Waals surface area contributed by atoms with Gasteiger partial charge in [0.2, 0.25) is 0 Å². The lowest BCUT2D eigenvalue weighted by molar-refractivity contribution is -0.127. The fourth-order valence-electron chi connectivity index (χ4n) is 1.86. The molecule has 0 saturated heterocycles. The van der Waals surface area contributed by atoms with Crippen LogP contribution in [0.1, 0.15) is 33.3 Å². The average molecular weight is 313 g/mol. The molecule has 1 aromatic rings. The molecule has 1 unspecified atom stereocenters. The molecule has 2 N–H and O–H groups in total. The van der Waals surface area contributed by atoms with Crippen molar-refractivity contribution in [3.8, 4) is 5.75 Å². The van der Waals surface area contributed by atoms with Crippen molar-refractivity contribution in [2.24, 2.45) is 5.92 Å². The second-order valence-electron chi connectivity index (χ2n) is 5.43. The molecule has 0 aliphatic rings. The third-order valence-corrected chi connectivity index (χ3v) is 3.15. The maximum Gasteiger partial charge on any atom is 0.260 e. The van der Waals surface area contributed by atoms with E-state index in [1.807, 2.05) is 19.1 Å². The Balaban J connectivity index is 2.74. The van der Waals surface area contributed by atoms with Crippen LogP contribution in [0.4, 0.5) is 0 Å². The van der Waals surface area contributed by atoms with Crippen molar-refractivity contribution < 1.29 is 9.53 Å². The van der Waals surface area contributed by atoms with Crippen LogP contribution in [-0.4, -0.2) is 25.1 Å². The van der Waals surface area contributed by atoms with Crippen molar-refractivity contribution >= 4 is 17.5 Å². The summed E-state index contributed by atoms with van der Waals surface area (Å²) in [6, 6.07) is 5.45. The number of amides is 1. The molecule has 1 atom stereocenters. The minimum absolute atomic E-state index is 0.117. The molecule has 0 aromatic heterocycles.